The van der Waals surface area contributed by atoms with E-state index in [1.54, 1.807) is 19.3 Å². The minimum Gasteiger partial charge on any atom is -0.493 e. The van der Waals surface area contributed by atoms with Crippen LogP contribution in [-0.2, 0) is 11.4 Å². The van der Waals surface area contributed by atoms with E-state index >= 15 is 0 Å². The van der Waals surface area contributed by atoms with Crippen LogP contribution < -0.4 is 9.47 Å². The quantitative estimate of drug-likeness (QED) is 0.429. The molecule has 0 spiro atoms. The molecule has 0 radical (unpaired) electrons. The van der Waals surface area contributed by atoms with Gasteiger partial charge in [0.05, 0.1) is 21.3 Å². The van der Waals surface area contributed by atoms with Crippen LogP contribution in [0.25, 0.3) is 6.08 Å². The zero-order chi connectivity index (χ0) is 22.1. The first-order chi connectivity index (χ1) is 14.9. The number of nitrogens with zero attached hydrogens (tertiary/aromatic N) is 3. The van der Waals surface area contributed by atoms with Gasteiger partial charge in [0.1, 0.15) is 6.61 Å². The summed E-state index contributed by atoms with van der Waals surface area (Å²) in [5.74, 6) is 0.736. The summed E-state index contributed by atoms with van der Waals surface area (Å²) in [6, 6.07) is 11.8. The molecular formula is C22H19IN4O3S. The van der Waals surface area contributed by atoms with Gasteiger partial charge in [0, 0.05) is 0 Å². The van der Waals surface area contributed by atoms with Crippen molar-refractivity contribution in [2.75, 3.05) is 7.11 Å². The summed E-state index contributed by atoms with van der Waals surface area (Å²) >= 11 is 3.46. The summed E-state index contributed by atoms with van der Waals surface area (Å²) in [6.07, 6.45) is 1.63. The fourth-order valence-electron chi connectivity index (χ4n) is 3.18. The lowest BCUT2D eigenvalue weighted by Gasteiger charge is -2.20. The van der Waals surface area contributed by atoms with Crippen LogP contribution in [-0.4, -0.2) is 34.1 Å². The predicted molar refractivity (Wildman–Crippen MR) is 132 cm³/mol. The minimum absolute atomic E-state index is 0.00750. The highest BCUT2D eigenvalue weighted by Crippen LogP contribution is 2.36. The summed E-state index contributed by atoms with van der Waals surface area (Å²) in [4.78, 5) is 16.6. The summed E-state index contributed by atoms with van der Waals surface area (Å²) in [7, 11) is 1.57. The normalized spacial score (nSPS) is 16.9. The standard InChI is InChI=1S/C22H19IN4O3S/c1-12-5-4-6-14(7-12)11-30-19-17(23)9-15(10-18(19)29-3)8-16-20(24)27-22(25-21(16)28)31-13(2)26-27/h4-10,24H,11H2,1-3H3/b16-8-,24-20?. The Labute approximate surface area is 197 Å². The van der Waals surface area contributed by atoms with Gasteiger partial charge in [-0.05, 0) is 77.5 Å². The number of hydrogen-bond donors (Lipinski definition) is 1. The number of halogens is 1. The maximum Gasteiger partial charge on any atom is 0.283 e. The molecule has 2 aromatic rings. The monoisotopic (exact) mass is 546 g/mol. The van der Waals surface area contributed by atoms with Crippen LogP contribution in [0.2, 0.25) is 0 Å². The molecule has 0 aromatic heterocycles. The number of fused-ring (bicyclic) bond motifs is 1. The largest absolute Gasteiger partial charge is 0.493 e. The lowest BCUT2D eigenvalue weighted by Crippen LogP contribution is -2.35. The highest BCUT2D eigenvalue weighted by atomic mass is 127. The molecule has 1 amide bonds. The van der Waals surface area contributed by atoms with Crippen molar-refractivity contribution >= 4 is 62.4 Å². The fourth-order valence-corrected chi connectivity index (χ4v) is 4.69. The SMILES string of the molecule is COc1cc(/C=C2/C(=N)N3N=C(C)SC3=NC2=O)cc(I)c1OCc1cccc(C)c1. The number of carbonyl (C=O) groups excluding carboxylic acids is 1. The van der Waals surface area contributed by atoms with Gasteiger partial charge < -0.3 is 9.47 Å². The molecule has 31 heavy (non-hydrogen) atoms. The molecule has 0 aliphatic carbocycles. The molecule has 2 heterocycles. The van der Waals surface area contributed by atoms with E-state index in [0.29, 0.717) is 28.8 Å². The van der Waals surface area contributed by atoms with Crippen molar-refractivity contribution in [1.82, 2.24) is 5.01 Å². The third-order valence-corrected chi connectivity index (χ3v) is 6.21. The molecule has 2 aromatic carbocycles. The van der Waals surface area contributed by atoms with Crippen LogP contribution in [0.3, 0.4) is 0 Å². The van der Waals surface area contributed by atoms with Gasteiger partial charge in [0.25, 0.3) is 5.91 Å². The molecule has 158 valence electrons. The molecule has 2 aliphatic rings. The molecule has 0 saturated heterocycles. The van der Waals surface area contributed by atoms with Gasteiger partial charge in [-0.2, -0.15) is 15.1 Å². The van der Waals surface area contributed by atoms with Crippen molar-refractivity contribution in [2.45, 2.75) is 20.5 Å². The summed E-state index contributed by atoms with van der Waals surface area (Å²) < 4.78 is 12.4. The highest BCUT2D eigenvalue weighted by molar-refractivity contribution is 14.1. The molecule has 7 nitrogen and oxygen atoms in total. The maximum atomic E-state index is 12.5. The second kappa shape index (κ2) is 8.83. The number of amides is 1. The number of thioether (sulfide) groups is 1. The van der Waals surface area contributed by atoms with Crippen LogP contribution in [0, 0.1) is 15.9 Å². The van der Waals surface area contributed by atoms with E-state index in [1.165, 1.54) is 22.3 Å². The first-order valence-electron chi connectivity index (χ1n) is 9.38. The van der Waals surface area contributed by atoms with E-state index in [-0.39, 0.29) is 11.4 Å². The first kappa shape index (κ1) is 21.6. The Morgan fingerprint density at radius 3 is 2.81 bits per heavy atom. The lowest BCUT2D eigenvalue weighted by molar-refractivity contribution is -0.114. The number of benzene rings is 2. The minimum atomic E-state index is -0.456. The number of hydrogen-bond acceptors (Lipinski definition) is 6. The third kappa shape index (κ3) is 4.52. The number of hydrazone groups is 1. The van der Waals surface area contributed by atoms with E-state index in [2.05, 4.69) is 38.8 Å². The van der Waals surface area contributed by atoms with Crippen LogP contribution in [0.15, 0.2) is 52.1 Å². The van der Waals surface area contributed by atoms with Gasteiger partial charge >= 0.3 is 0 Å². The molecule has 4 rings (SSSR count). The van der Waals surface area contributed by atoms with Gasteiger partial charge in [0.15, 0.2) is 17.3 Å². The second-order valence-corrected chi connectivity index (χ2v) is 9.27. The molecule has 0 saturated carbocycles. The average molecular weight is 546 g/mol. The second-order valence-electron chi connectivity index (χ2n) is 6.95. The third-order valence-electron chi connectivity index (χ3n) is 4.58. The van der Waals surface area contributed by atoms with Crippen LogP contribution >= 0.6 is 34.4 Å². The van der Waals surface area contributed by atoms with Gasteiger partial charge in [-0.3, -0.25) is 10.2 Å². The number of amidine groups is 2. The Hall–Kier alpha value is -2.66. The number of nitrogens with one attached hydrogen (secondary N) is 1. The Kier molecular flexibility index (Phi) is 6.15. The number of rotatable bonds is 5. The number of aliphatic imine (C=N–C) groups is 1. The summed E-state index contributed by atoms with van der Waals surface area (Å²) in [5.41, 5.74) is 3.13. The number of ether oxygens (including phenoxy) is 2. The zero-order valence-electron chi connectivity index (χ0n) is 17.1. The lowest BCUT2D eigenvalue weighted by atomic mass is 10.1. The van der Waals surface area contributed by atoms with Crippen LogP contribution in [0.4, 0.5) is 0 Å². The smallest absolute Gasteiger partial charge is 0.283 e. The molecule has 0 bridgehead atoms. The van der Waals surface area contributed by atoms with Crippen molar-refractivity contribution in [3.8, 4) is 11.5 Å². The van der Waals surface area contributed by atoms with Crippen molar-refractivity contribution in [1.29, 1.82) is 5.41 Å². The van der Waals surface area contributed by atoms with Gasteiger partial charge in [0.2, 0.25) is 5.17 Å². The number of methoxy groups -OCH3 is 1. The molecular weight excluding hydrogens is 527 g/mol. The predicted octanol–water partition coefficient (Wildman–Crippen LogP) is 4.83. The van der Waals surface area contributed by atoms with Crippen molar-refractivity contribution in [2.24, 2.45) is 10.1 Å². The fraction of sp³-hybridized carbons (Fsp3) is 0.182. The van der Waals surface area contributed by atoms with E-state index in [1.807, 2.05) is 38.1 Å². The number of aryl methyl sites for hydroxylation is 1. The van der Waals surface area contributed by atoms with Gasteiger partial charge in [-0.15, -0.1) is 0 Å². The Balaban J connectivity index is 1.62. The molecule has 1 N–H and O–H groups in total. The van der Waals surface area contributed by atoms with Crippen LogP contribution in [0.5, 0.6) is 11.5 Å². The van der Waals surface area contributed by atoms with E-state index in [9.17, 15) is 4.79 Å². The topological polar surface area (TPSA) is 87.3 Å². The molecule has 9 heteroatoms. The van der Waals surface area contributed by atoms with E-state index in [0.717, 1.165) is 14.2 Å². The van der Waals surface area contributed by atoms with E-state index < -0.39 is 5.91 Å². The molecule has 0 unspecified atom stereocenters. The molecule has 2 aliphatic heterocycles. The Bertz CT molecular complexity index is 1190. The average Bonchev–Trinajstić information content (AvgIpc) is 3.10. The first-order valence-corrected chi connectivity index (χ1v) is 11.3. The summed E-state index contributed by atoms with van der Waals surface area (Å²) in [5, 5.41) is 15.2. The van der Waals surface area contributed by atoms with Gasteiger partial charge in [-0.1, -0.05) is 29.8 Å². The number of carbonyl (C=O) groups is 1. The Morgan fingerprint density at radius 1 is 1.26 bits per heavy atom. The Morgan fingerprint density at radius 2 is 2.06 bits per heavy atom. The van der Waals surface area contributed by atoms with Crippen molar-refractivity contribution < 1.29 is 14.3 Å². The maximum absolute atomic E-state index is 12.5. The highest BCUT2D eigenvalue weighted by Gasteiger charge is 2.34. The van der Waals surface area contributed by atoms with Crippen LogP contribution in [0.1, 0.15) is 23.6 Å². The van der Waals surface area contributed by atoms with E-state index in [4.69, 9.17) is 14.9 Å². The zero-order valence-corrected chi connectivity index (χ0v) is 20.1. The molecule has 0 atom stereocenters. The van der Waals surface area contributed by atoms with Crippen molar-refractivity contribution in [3.63, 3.8) is 0 Å². The van der Waals surface area contributed by atoms with Gasteiger partial charge in [-0.25, -0.2) is 0 Å². The molecule has 0 fully saturated rings. The van der Waals surface area contributed by atoms with Crippen molar-refractivity contribution in [3.05, 3.63) is 62.2 Å². The summed E-state index contributed by atoms with van der Waals surface area (Å²) in [6.45, 7) is 4.27.